The average Bonchev–Trinajstić information content (AvgIpc) is 2.67. The van der Waals surface area contributed by atoms with Crippen molar-refractivity contribution in [2.24, 2.45) is 0 Å². The molecule has 3 rings (SSSR count). The minimum Gasteiger partial charge on any atom is -0.378 e. The van der Waals surface area contributed by atoms with Crippen LogP contribution in [0.3, 0.4) is 0 Å². The summed E-state index contributed by atoms with van der Waals surface area (Å²) in [7, 11) is 0. The topological polar surface area (TPSA) is 69.6 Å². The minimum absolute atomic E-state index is 0.145. The van der Waals surface area contributed by atoms with Crippen molar-refractivity contribution in [3.05, 3.63) is 65.7 Å². The van der Waals surface area contributed by atoms with Crippen LogP contribution in [-0.2, 0) is 16.1 Å². The van der Waals surface area contributed by atoms with Crippen molar-refractivity contribution in [1.82, 2.24) is 5.32 Å². The van der Waals surface area contributed by atoms with E-state index in [1.54, 1.807) is 29.2 Å². The number of amides is 2. The normalized spacial score (nSPS) is 15.7. The number of benzene rings is 2. The molecule has 0 spiro atoms. The Morgan fingerprint density at radius 1 is 1.12 bits per heavy atom. The van der Waals surface area contributed by atoms with E-state index < -0.39 is 12.0 Å². The zero-order chi connectivity index (χ0) is 17.6. The Bertz CT molecular complexity index is 746. The Balaban J connectivity index is 1.62. The Labute approximate surface area is 147 Å². The van der Waals surface area contributed by atoms with E-state index >= 15 is 0 Å². The Kier molecular flexibility index (Phi) is 5.46. The molecular formula is C20H22N2O3. The summed E-state index contributed by atoms with van der Waals surface area (Å²) in [5.41, 5.74) is 2.32. The molecule has 2 aromatic carbocycles. The summed E-state index contributed by atoms with van der Waals surface area (Å²) in [6.07, 6.45) is 1.36. The van der Waals surface area contributed by atoms with Crippen molar-refractivity contribution in [2.75, 3.05) is 11.4 Å². The van der Waals surface area contributed by atoms with Gasteiger partial charge in [-0.1, -0.05) is 42.5 Å². The Morgan fingerprint density at radius 2 is 1.92 bits per heavy atom. The van der Waals surface area contributed by atoms with Crippen LogP contribution in [0.15, 0.2) is 54.6 Å². The van der Waals surface area contributed by atoms with Gasteiger partial charge in [0, 0.05) is 25.2 Å². The van der Waals surface area contributed by atoms with Crippen molar-refractivity contribution < 1.29 is 14.7 Å². The molecule has 25 heavy (non-hydrogen) atoms. The number of aliphatic hydroxyl groups is 1. The maximum Gasteiger partial charge on any atom is 0.253 e. The molecular weight excluding hydrogens is 316 g/mol. The van der Waals surface area contributed by atoms with E-state index in [2.05, 4.69) is 5.32 Å². The number of nitrogens with one attached hydrogen (secondary N) is 1. The van der Waals surface area contributed by atoms with Crippen LogP contribution < -0.4 is 10.2 Å². The van der Waals surface area contributed by atoms with E-state index in [1.807, 2.05) is 30.3 Å². The fourth-order valence-electron chi connectivity index (χ4n) is 2.99. The molecule has 1 aliphatic rings. The zero-order valence-corrected chi connectivity index (χ0v) is 14.0. The molecule has 1 heterocycles. The van der Waals surface area contributed by atoms with Crippen molar-refractivity contribution in [2.45, 2.75) is 31.9 Å². The van der Waals surface area contributed by atoms with Crippen molar-refractivity contribution >= 4 is 17.5 Å². The van der Waals surface area contributed by atoms with Crippen LogP contribution in [-0.4, -0.2) is 23.5 Å². The molecule has 0 saturated carbocycles. The van der Waals surface area contributed by atoms with Crippen LogP contribution in [0, 0.1) is 0 Å². The number of piperidine rings is 1. The first-order valence-electron chi connectivity index (χ1n) is 8.55. The molecule has 2 aromatic rings. The third-order valence-corrected chi connectivity index (χ3v) is 4.38. The molecule has 0 bridgehead atoms. The fourth-order valence-corrected chi connectivity index (χ4v) is 2.99. The van der Waals surface area contributed by atoms with Crippen LogP contribution in [0.25, 0.3) is 0 Å². The predicted octanol–water partition coefficient (Wildman–Crippen LogP) is 2.55. The second-order valence-electron chi connectivity index (χ2n) is 6.20. The largest absolute Gasteiger partial charge is 0.378 e. The molecule has 0 aromatic heterocycles. The SMILES string of the molecule is O=C(NCc1cccc(N2CCCCC2=O)c1)[C@@H](O)c1ccccc1. The molecule has 1 fully saturated rings. The molecule has 2 N–H and O–H groups in total. The smallest absolute Gasteiger partial charge is 0.253 e. The van der Waals surface area contributed by atoms with Crippen molar-refractivity contribution in [3.8, 4) is 0 Å². The second-order valence-corrected chi connectivity index (χ2v) is 6.20. The van der Waals surface area contributed by atoms with E-state index in [0.717, 1.165) is 30.6 Å². The van der Waals surface area contributed by atoms with Gasteiger partial charge in [-0.3, -0.25) is 9.59 Å². The first-order valence-corrected chi connectivity index (χ1v) is 8.55. The van der Waals surface area contributed by atoms with E-state index in [-0.39, 0.29) is 5.91 Å². The van der Waals surface area contributed by atoms with E-state index in [9.17, 15) is 14.7 Å². The molecule has 130 valence electrons. The summed E-state index contributed by atoms with van der Waals surface area (Å²) in [4.78, 5) is 26.0. The molecule has 5 nitrogen and oxygen atoms in total. The Hall–Kier alpha value is -2.66. The highest BCUT2D eigenvalue weighted by Crippen LogP contribution is 2.22. The van der Waals surface area contributed by atoms with Crippen LogP contribution in [0.5, 0.6) is 0 Å². The van der Waals surface area contributed by atoms with Gasteiger partial charge in [0.05, 0.1) is 0 Å². The quantitative estimate of drug-likeness (QED) is 0.880. The number of hydrogen-bond acceptors (Lipinski definition) is 3. The van der Waals surface area contributed by atoms with Gasteiger partial charge < -0.3 is 15.3 Å². The van der Waals surface area contributed by atoms with Crippen LogP contribution in [0.2, 0.25) is 0 Å². The van der Waals surface area contributed by atoms with Gasteiger partial charge in [0.25, 0.3) is 5.91 Å². The molecule has 2 amide bonds. The summed E-state index contributed by atoms with van der Waals surface area (Å²) in [6.45, 7) is 1.04. The zero-order valence-electron chi connectivity index (χ0n) is 14.0. The number of aliphatic hydroxyl groups excluding tert-OH is 1. The number of rotatable bonds is 5. The highest BCUT2D eigenvalue weighted by Gasteiger charge is 2.20. The molecule has 0 unspecified atom stereocenters. The predicted molar refractivity (Wildman–Crippen MR) is 95.9 cm³/mol. The molecule has 0 aliphatic carbocycles. The lowest BCUT2D eigenvalue weighted by Crippen LogP contribution is -2.35. The van der Waals surface area contributed by atoms with Gasteiger partial charge in [-0.25, -0.2) is 0 Å². The molecule has 0 radical (unpaired) electrons. The minimum atomic E-state index is -1.19. The summed E-state index contributed by atoms with van der Waals surface area (Å²) in [5.74, 6) is -0.294. The summed E-state index contributed by atoms with van der Waals surface area (Å²) in [5, 5.41) is 12.8. The average molecular weight is 338 g/mol. The van der Waals surface area contributed by atoms with Gasteiger partial charge in [0.2, 0.25) is 5.91 Å². The first-order chi connectivity index (χ1) is 12.1. The lowest BCUT2D eigenvalue weighted by atomic mass is 10.1. The van der Waals surface area contributed by atoms with Gasteiger partial charge in [-0.05, 0) is 36.1 Å². The highest BCUT2D eigenvalue weighted by molar-refractivity contribution is 5.94. The van der Waals surface area contributed by atoms with E-state index in [1.165, 1.54) is 0 Å². The molecule has 1 atom stereocenters. The fraction of sp³-hybridized carbons (Fsp3) is 0.300. The maximum atomic E-state index is 12.1. The van der Waals surface area contributed by atoms with Gasteiger partial charge in [0.15, 0.2) is 6.10 Å². The highest BCUT2D eigenvalue weighted by atomic mass is 16.3. The van der Waals surface area contributed by atoms with Crippen molar-refractivity contribution in [1.29, 1.82) is 0 Å². The monoisotopic (exact) mass is 338 g/mol. The molecule has 1 aliphatic heterocycles. The van der Waals surface area contributed by atoms with E-state index in [4.69, 9.17) is 0 Å². The van der Waals surface area contributed by atoms with Crippen LogP contribution in [0.1, 0.15) is 36.5 Å². The van der Waals surface area contributed by atoms with Crippen LogP contribution in [0.4, 0.5) is 5.69 Å². The molecule has 1 saturated heterocycles. The maximum absolute atomic E-state index is 12.1. The lowest BCUT2D eigenvalue weighted by molar-refractivity contribution is -0.129. The number of hydrogen-bond donors (Lipinski definition) is 2. The third kappa shape index (κ3) is 4.25. The summed E-state index contributed by atoms with van der Waals surface area (Å²) >= 11 is 0. The lowest BCUT2D eigenvalue weighted by Gasteiger charge is -2.27. The first kappa shape index (κ1) is 17.2. The number of carbonyl (C=O) groups excluding carboxylic acids is 2. The number of anilines is 1. The van der Waals surface area contributed by atoms with Gasteiger partial charge in [0.1, 0.15) is 0 Å². The number of nitrogens with zero attached hydrogens (tertiary/aromatic N) is 1. The second kappa shape index (κ2) is 7.94. The Morgan fingerprint density at radius 3 is 2.68 bits per heavy atom. The third-order valence-electron chi connectivity index (χ3n) is 4.38. The van der Waals surface area contributed by atoms with Gasteiger partial charge in [-0.2, -0.15) is 0 Å². The van der Waals surface area contributed by atoms with Gasteiger partial charge >= 0.3 is 0 Å². The molecule has 5 heteroatoms. The summed E-state index contributed by atoms with van der Waals surface area (Å²) < 4.78 is 0. The standard InChI is InChI=1S/C20H22N2O3/c23-18-11-4-5-12-22(18)17-10-6-7-15(13-17)14-21-20(25)19(24)16-8-2-1-3-9-16/h1-3,6-10,13,19,24H,4-5,11-12,14H2,(H,21,25)/t19-/m0/s1. The van der Waals surface area contributed by atoms with E-state index in [0.29, 0.717) is 18.5 Å². The van der Waals surface area contributed by atoms with Crippen LogP contribution >= 0.6 is 0 Å². The van der Waals surface area contributed by atoms with Crippen molar-refractivity contribution in [3.63, 3.8) is 0 Å². The van der Waals surface area contributed by atoms with Gasteiger partial charge in [-0.15, -0.1) is 0 Å². The summed E-state index contributed by atoms with van der Waals surface area (Å²) in [6, 6.07) is 16.4. The number of carbonyl (C=O) groups is 2.